The zero-order chi connectivity index (χ0) is 8.43. The van der Waals surface area contributed by atoms with Crippen molar-refractivity contribution in [2.45, 2.75) is 19.8 Å². The van der Waals surface area contributed by atoms with E-state index in [2.05, 4.69) is 4.98 Å². The molecule has 1 rings (SSSR count). The van der Waals surface area contributed by atoms with Gasteiger partial charge in [0, 0.05) is 6.20 Å². The third-order valence-electron chi connectivity index (χ3n) is 1.57. The summed E-state index contributed by atoms with van der Waals surface area (Å²) in [6.07, 6.45) is 1.52. The number of rotatable bonds is 1. The van der Waals surface area contributed by atoms with Crippen molar-refractivity contribution in [3.63, 3.8) is 0 Å². The second-order valence-corrected chi connectivity index (χ2v) is 2.75. The smallest absolute Gasteiger partial charge is 0.168 e. The average molecular weight is 154 g/mol. The summed E-state index contributed by atoms with van der Waals surface area (Å²) >= 11 is 0. The molecule has 0 fully saturated rings. The van der Waals surface area contributed by atoms with Gasteiger partial charge in [-0.2, -0.15) is 0 Å². The fourth-order valence-corrected chi connectivity index (χ4v) is 0.921. The van der Waals surface area contributed by atoms with Crippen molar-refractivity contribution in [3.05, 3.63) is 23.6 Å². The summed E-state index contributed by atoms with van der Waals surface area (Å²) in [4.78, 5) is 3.62. The molecule has 0 amide bonds. The maximum Gasteiger partial charge on any atom is 0.168 e. The van der Waals surface area contributed by atoms with E-state index in [4.69, 9.17) is 5.73 Å². The normalized spacial score (nSPS) is 10.5. The van der Waals surface area contributed by atoms with Crippen molar-refractivity contribution in [2.75, 3.05) is 5.73 Å². The molecule has 11 heavy (non-hydrogen) atoms. The van der Waals surface area contributed by atoms with E-state index in [9.17, 15) is 4.39 Å². The molecule has 2 nitrogen and oxygen atoms in total. The van der Waals surface area contributed by atoms with Gasteiger partial charge in [-0.25, -0.2) is 9.37 Å². The number of nitrogen functional groups attached to an aromatic ring is 1. The molecule has 60 valence electrons. The van der Waals surface area contributed by atoms with Crippen molar-refractivity contribution >= 4 is 5.82 Å². The van der Waals surface area contributed by atoms with Gasteiger partial charge in [-0.3, -0.25) is 0 Å². The maximum absolute atomic E-state index is 13.1. The number of anilines is 1. The maximum atomic E-state index is 13.1. The zero-order valence-corrected chi connectivity index (χ0v) is 6.63. The summed E-state index contributed by atoms with van der Waals surface area (Å²) in [6.45, 7) is 3.83. The molecular formula is C8H11FN2. The largest absolute Gasteiger partial charge is 0.381 e. The van der Waals surface area contributed by atoms with Crippen molar-refractivity contribution in [2.24, 2.45) is 0 Å². The Bertz CT molecular complexity index is 258. The molecule has 0 atom stereocenters. The molecule has 0 saturated heterocycles. The number of hydrogen-bond donors (Lipinski definition) is 1. The van der Waals surface area contributed by atoms with Gasteiger partial charge >= 0.3 is 0 Å². The Morgan fingerprint density at radius 3 is 2.64 bits per heavy atom. The Kier molecular flexibility index (Phi) is 2.08. The first-order valence-electron chi connectivity index (χ1n) is 3.52. The van der Waals surface area contributed by atoms with E-state index in [0.717, 1.165) is 0 Å². The number of halogens is 1. The lowest BCUT2D eigenvalue weighted by Crippen LogP contribution is -2.00. The molecule has 0 aromatic carbocycles. The number of aromatic nitrogens is 1. The van der Waals surface area contributed by atoms with Crippen molar-refractivity contribution in [1.29, 1.82) is 0 Å². The Labute approximate surface area is 65.3 Å². The van der Waals surface area contributed by atoms with Crippen LogP contribution in [0.4, 0.5) is 10.2 Å². The first kappa shape index (κ1) is 7.98. The van der Waals surface area contributed by atoms with Crippen LogP contribution in [0.25, 0.3) is 0 Å². The van der Waals surface area contributed by atoms with Crippen LogP contribution in [0.15, 0.2) is 12.3 Å². The molecule has 0 saturated carbocycles. The Hall–Kier alpha value is -1.12. The lowest BCUT2D eigenvalue weighted by Gasteiger charge is -2.06. The molecule has 0 aliphatic heterocycles. The van der Waals surface area contributed by atoms with Crippen LogP contribution in [-0.4, -0.2) is 4.98 Å². The molecular weight excluding hydrogens is 143 g/mol. The fraction of sp³-hybridized carbons (Fsp3) is 0.375. The third kappa shape index (κ3) is 1.48. The van der Waals surface area contributed by atoms with Crippen LogP contribution in [0.2, 0.25) is 0 Å². The third-order valence-corrected chi connectivity index (χ3v) is 1.57. The highest BCUT2D eigenvalue weighted by Gasteiger charge is 2.08. The van der Waals surface area contributed by atoms with Crippen molar-refractivity contribution in [3.8, 4) is 0 Å². The van der Waals surface area contributed by atoms with Crippen LogP contribution >= 0.6 is 0 Å². The summed E-state index contributed by atoms with van der Waals surface area (Å²) in [7, 11) is 0. The molecule has 0 aliphatic carbocycles. The summed E-state index contributed by atoms with van der Waals surface area (Å²) in [5, 5.41) is 0. The van der Waals surface area contributed by atoms with Gasteiger partial charge in [0.15, 0.2) is 11.6 Å². The summed E-state index contributed by atoms with van der Waals surface area (Å²) < 4.78 is 13.1. The molecule has 2 N–H and O–H groups in total. The summed E-state index contributed by atoms with van der Waals surface area (Å²) in [6, 6.07) is 1.65. The van der Waals surface area contributed by atoms with Crippen LogP contribution in [0.5, 0.6) is 0 Å². The fourth-order valence-electron chi connectivity index (χ4n) is 0.921. The van der Waals surface area contributed by atoms with Gasteiger partial charge in [0.2, 0.25) is 0 Å². The van der Waals surface area contributed by atoms with Gasteiger partial charge in [-0.05, 0) is 17.5 Å². The molecule has 0 aliphatic rings. The Balaban J connectivity index is 3.17. The van der Waals surface area contributed by atoms with Gasteiger partial charge in [0.05, 0.1) is 0 Å². The molecule has 3 heteroatoms. The molecule has 0 spiro atoms. The second-order valence-electron chi connectivity index (χ2n) is 2.75. The van der Waals surface area contributed by atoms with Crippen molar-refractivity contribution < 1.29 is 4.39 Å². The number of nitrogens with two attached hydrogens (primary N) is 1. The van der Waals surface area contributed by atoms with E-state index in [-0.39, 0.29) is 17.6 Å². The van der Waals surface area contributed by atoms with E-state index in [1.807, 2.05) is 13.8 Å². The lowest BCUT2D eigenvalue weighted by atomic mass is 10.0. The topological polar surface area (TPSA) is 38.9 Å². The molecule has 1 heterocycles. The Morgan fingerprint density at radius 2 is 2.18 bits per heavy atom. The average Bonchev–Trinajstić information content (AvgIpc) is 1.94. The lowest BCUT2D eigenvalue weighted by molar-refractivity contribution is 0.597. The molecule has 0 bridgehead atoms. The predicted octanol–water partition coefficient (Wildman–Crippen LogP) is 1.93. The minimum absolute atomic E-state index is 0.0174. The number of nitrogens with zero attached hydrogens (tertiary/aromatic N) is 1. The number of hydrogen-bond acceptors (Lipinski definition) is 2. The Morgan fingerprint density at radius 1 is 1.55 bits per heavy atom. The first-order chi connectivity index (χ1) is 5.13. The van der Waals surface area contributed by atoms with E-state index in [1.165, 1.54) is 6.20 Å². The molecule has 0 unspecified atom stereocenters. The quantitative estimate of drug-likeness (QED) is 0.671. The van der Waals surface area contributed by atoms with Crippen LogP contribution in [0.1, 0.15) is 25.3 Å². The molecule has 0 radical (unpaired) electrons. The molecule has 1 aromatic heterocycles. The van der Waals surface area contributed by atoms with Crippen LogP contribution in [0, 0.1) is 5.82 Å². The van der Waals surface area contributed by atoms with Crippen LogP contribution in [0.3, 0.4) is 0 Å². The van der Waals surface area contributed by atoms with Gasteiger partial charge in [0.1, 0.15) is 0 Å². The predicted molar refractivity (Wildman–Crippen MR) is 42.7 cm³/mol. The van der Waals surface area contributed by atoms with Crippen molar-refractivity contribution in [1.82, 2.24) is 4.98 Å². The highest BCUT2D eigenvalue weighted by molar-refractivity contribution is 5.35. The van der Waals surface area contributed by atoms with Crippen LogP contribution in [-0.2, 0) is 0 Å². The van der Waals surface area contributed by atoms with E-state index < -0.39 is 0 Å². The summed E-state index contributed by atoms with van der Waals surface area (Å²) in [5.41, 5.74) is 5.90. The van der Waals surface area contributed by atoms with E-state index in [1.54, 1.807) is 6.07 Å². The van der Waals surface area contributed by atoms with Gasteiger partial charge in [-0.15, -0.1) is 0 Å². The minimum Gasteiger partial charge on any atom is -0.381 e. The zero-order valence-electron chi connectivity index (χ0n) is 6.63. The minimum atomic E-state index is -0.387. The first-order valence-corrected chi connectivity index (χ1v) is 3.52. The van der Waals surface area contributed by atoms with Gasteiger partial charge in [0.25, 0.3) is 0 Å². The highest BCUT2D eigenvalue weighted by Crippen LogP contribution is 2.19. The standard InChI is InChI=1S/C8H11FN2/c1-5(2)6-3-4-11-8(10)7(6)9/h3-5H,1-2H3,(H2,10,11). The van der Waals surface area contributed by atoms with E-state index >= 15 is 0 Å². The van der Waals surface area contributed by atoms with E-state index in [0.29, 0.717) is 5.56 Å². The SMILES string of the molecule is CC(C)c1ccnc(N)c1F. The number of pyridine rings is 1. The van der Waals surface area contributed by atoms with Gasteiger partial charge < -0.3 is 5.73 Å². The molecule has 1 aromatic rings. The highest BCUT2D eigenvalue weighted by atomic mass is 19.1. The second kappa shape index (κ2) is 2.86. The van der Waals surface area contributed by atoms with Crippen LogP contribution < -0.4 is 5.73 Å². The summed E-state index contributed by atoms with van der Waals surface area (Å²) in [5.74, 6) is -0.251. The monoisotopic (exact) mass is 154 g/mol. The van der Waals surface area contributed by atoms with Gasteiger partial charge in [-0.1, -0.05) is 13.8 Å².